The molecular weight excluding hydrogens is 220 g/mol. The summed E-state index contributed by atoms with van der Waals surface area (Å²) in [5.41, 5.74) is 6.04. The van der Waals surface area contributed by atoms with Gasteiger partial charge in [-0.05, 0) is 0 Å². The highest BCUT2D eigenvalue weighted by molar-refractivity contribution is 5.91. The first-order valence-electron chi connectivity index (χ1n) is 5.13. The molecule has 2 aromatic heterocycles. The third-order valence-corrected chi connectivity index (χ3v) is 2.36. The van der Waals surface area contributed by atoms with Gasteiger partial charge in [0.25, 0.3) is 5.91 Å². The lowest BCUT2D eigenvalue weighted by molar-refractivity contribution is 0.0993. The zero-order chi connectivity index (χ0) is 12.3. The van der Waals surface area contributed by atoms with Gasteiger partial charge in [0.15, 0.2) is 0 Å². The van der Waals surface area contributed by atoms with E-state index in [1.165, 1.54) is 6.20 Å². The van der Waals surface area contributed by atoms with E-state index in [4.69, 9.17) is 5.73 Å². The molecule has 1 atom stereocenters. The molecule has 0 aliphatic carbocycles. The van der Waals surface area contributed by atoms with Crippen LogP contribution in [0.5, 0.6) is 0 Å². The number of carbonyl (C=O) groups excluding carboxylic acids is 1. The predicted octanol–water partition coefficient (Wildman–Crippen LogP) is -0.0293. The molecule has 0 saturated heterocycles. The number of amides is 1. The maximum atomic E-state index is 11.2. The molecule has 0 radical (unpaired) electrons. The summed E-state index contributed by atoms with van der Waals surface area (Å²) in [6.45, 7) is 2.50. The molecule has 17 heavy (non-hydrogen) atoms. The van der Waals surface area contributed by atoms with Gasteiger partial charge in [0.2, 0.25) is 0 Å². The third-order valence-electron chi connectivity index (χ3n) is 2.36. The Labute approximate surface area is 97.7 Å². The van der Waals surface area contributed by atoms with Crippen molar-refractivity contribution in [2.75, 3.05) is 0 Å². The fraction of sp³-hybridized carbons (Fsp3) is 0.300. The van der Waals surface area contributed by atoms with E-state index in [1.54, 1.807) is 23.3 Å². The number of carbonyl (C=O) groups is 1. The monoisotopic (exact) mass is 232 g/mol. The molecule has 0 aromatic carbocycles. The molecule has 1 amide bonds. The summed E-state index contributed by atoms with van der Waals surface area (Å²) in [4.78, 5) is 19.3. The molecule has 0 bridgehead atoms. The molecule has 0 spiro atoms. The van der Waals surface area contributed by atoms with Crippen LogP contribution in [0.1, 0.15) is 29.0 Å². The zero-order valence-electron chi connectivity index (χ0n) is 9.32. The molecule has 1 unspecified atom stereocenters. The van der Waals surface area contributed by atoms with Crippen LogP contribution in [-0.2, 0) is 6.54 Å². The van der Waals surface area contributed by atoms with Crippen LogP contribution in [0, 0.1) is 0 Å². The minimum atomic E-state index is -0.571. The Hall–Kier alpha value is -2.31. The van der Waals surface area contributed by atoms with E-state index in [-0.39, 0.29) is 11.6 Å². The average molecular weight is 232 g/mol. The van der Waals surface area contributed by atoms with Crippen molar-refractivity contribution in [3.05, 3.63) is 36.2 Å². The van der Waals surface area contributed by atoms with Crippen molar-refractivity contribution in [2.45, 2.75) is 19.4 Å². The Balaban J connectivity index is 2.24. The van der Waals surface area contributed by atoms with Crippen LogP contribution < -0.4 is 5.73 Å². The fourth-order valence-corrected chi connectivity index (χ4v) is 1.60. The topological polar surface area (TPSA) is 99.6 Å². The summed E-state index contributed by atoms with van der Waals surface area (Å²) in [5.74, 6) is -0.591. The molecule has 2 aromatic rings. The molecule has 2 heterocycles. The smallest absolute Gasteiger partial charge is 0.269 e. The standard InChI is InChI=1S/C10H12N6O/c1-7(6-16-5-4-14-15-16)8-9(10(11)17)13-3-2-12-8/h2-5,7H,6H2,1H3,(H2,11,17). The molecule has 0 aliphatic rings. The Kier molecular flexibility index (Phi) is 3.08. The predicted molar refractivity (Wildman–Crippen MR) is 59.0 cm³/mol. The van der Waals surface area contributed by atoms with Gasteiger partial charge in [-0.3, -0.25) is 14.5 Å². The Morgan fingerprint density at radius 3 is 2.82 bits per heavy atom. The molecular formula is C10H12N6O. The summed E-state index contributed by atoms with van der Waals surface area (Å²) in [7, 11) is 0. The summed E-state index contributed by atoms with van der Waals surface area (Å²) < 4.78 is 1.67. The number of aromatic nitrogens is 5. The second kappa shape index (κ2) is 4.69. The number of hydrogen-bond acceptors (Lipinski definition) is 5. The Morgan fingerprint density at radius 2 is 2.18 bits per heavy atom. The van der Waals surface area contributed by atoms with Crippen LogP contribution in [0.3, 0.4) is 0 Å². The van der Waals surface area contributed by atoms with Gasteiger partial charge in [-0.15, -0.1) is 5.10 Å². The number of hydrogen-bond donors (Lipinski definition) is 1. The van der Waals surface area contributed by atoms with E-state index in [9.17, 15) is 4.79 Å². The lowest BCUT2D eigenvalue weighted by atomic mass is 10.1. The van der Waals surface area contributed by atoms with E-state index in [0.29, 0.717) is 12.2 Å². The average Bonchev–Trinajstić information content (AvgIpc) is 2.81. The van der Waals surface area contributed by atoms with Gasteiger partial charge in [0, 0.05) is 24.5 Å². The van der Waals surface area contributed by atoms with Crippen molar-refractivity contribution < 1.29 is 4.79 Å². The van der Waals surface area contributed by atoms with E-state index in [2.05, 4.69) is 20.3 Å². The van der Waals surface area contributed by atoms with Crippen molar-refractivity contribution in [1.82, 2.24) is 25.0 Å². The highest BCUT2D eigenvalue weighted by Crippen LogP contribution is 2.16. The second-order valence-electron chi connectivity index (χ2n) is 3.68. The molecule has 88 valence electrons. The maximum Gasteiger partial charge on any atom is 0.269 e. The highest BCUT2D eigenvalue weighted by Gasteiger charge is 2.17. The van der Waals surface area contributed by atoms with Gasteiger partial charge in [-0.25, -0.2) is 4.98 Å². The number of primary amides is 1. The van der Waals surface area contributed by atoms with Crippen LogP contribution in [-0.4, -0.2) is 30.9 Å². The zero-order valence-corrected chi connectivity index (χ0v) is 9.32. The fourth-order valence-electron chi connectivity index (χ4n) is 1.60. The molecule has 7 nitrogen and oxygen atoms in total. The second-order valence-corrected chi connectivity index (χ2v) is 3.68. The maximum absolute atomic E-state index is 11.2. The van der Waals surface area contributed by atoms with Crippen LogP contribution in [0.25, 0.3) is 0 Å². The van der Waals surface area contributed by atoms with Gasteiger partial charge < -0.3 is 5.73 Å². The van der Waals surface area contributed by atoms with E-state index in [0.717, 1.165) is 0 Å². The summed E-state index contributed by atoms with van der Waals surface area (Å²) in [6, 6.07) is 0. The minimum Gasteiger partial charge on any atom is -0.364 e. The first kappa shape index (κ1) is 11.2. The van der Waals surface area contributed by atoms with Gasteiger partial charge in [-0.1, -0.05) is 12.1 Å². The molecule has 0 fully saturated rings. The number of nitrogens with two attached hydrogens (primary N) is 1. The van der Waals surface area contributed by atoms with Crippen molar-refractivity contribution in [1.29, 1.82) is 0 Å². The highest BCUT2D eigenvalue weighted by atomic mass is 16.1. The third kappa shape index (κ3) is 2.44. The van der Waals surface area contributed by atoms with Crippen molar-refractivity contribution in [3.63, 3.8) is 0 Å². The molecule has 0 saturated carbocycles. The van der Waals surface area contributed by atoms with E-state index < -0.39 is 5.91 Å². The normalized spacial score (nSPS) is 12.3. The van der Waals surface area contributed by atoms with Crippen molar-refractivity contribution in [2.24, 2.45) is 5.73 Å². The largest absolute Gasteiger partial charge is 0.364 e. The summed E-state index contributed by atoms with van der Waals surface area (Å²) in [5, 5.41) is 7.57. The van der Waals surface area contributed by atoms with Crippen LogP contribution >= 0.6 is 0 Å². The Morgan fingerprint density at radius 1 is 1.41 bits per heavy atom. The molecule has 2 N–H and O–H groups in total. The number of rotatable bonds is 4. The first-order chi connectivity index (χ1) is 8.18. The van der Waals surface area contributed by atoms with Crippen LogP contribution in [0.15, 0.2) is 24.8 Å². The number of nitrogens with zero attached hydrogens (tertiary/aromatic N) is 5. The van der Waals surface area contributed by atoms with Gasteiger partial charge in [0.1, 0.15) is 5.69 Å². The molecule has 7 heteroatoms. The van der Waals surface area contributed by atoms with Gasteiger partial charge >= 0.3 is 0 Å². The van der Waals surface area contributed by atoms with E-state index in [1.807, 2.05) is 6.92 Å². The van der Waals surface area contributed by atoms with Crippen LogP contribution in [0.2, 0.25) is 0 Å². The molecule has 0 aliphatic heterocycles. The minimum absolute atomic E-state index is 0.0205. The summed E-state index contributed by atoms with van der Waals surface area (Å²) >= 11 is 0. The van der Waals surface area contributed by atoms with Gasteiger partial charge in [0.05, 0.1) is 18.4 Å². The summed E-state index contributed by atoms with van der Waals surface area (Å²) in [6.07, 6.45) is 6.33. The first-order valence-corrected chi connectivity index (χ1v) is 5.13. The Bertz CT molecular complexity index is 509. The van der Waals surface area contributed by atoms with Gasteiger partial charge in [-0.2, -0.15) is 0 Å². The van der Waals surface area contributed by atoms with E-state index >= 15 is 0 Å². The van der Waals surface area contributed by atoms with Crippen LogP contribution in [0.4, 0.5) is 0 Å². The SMILES string of the molecule is CC(Cn1ccnn1)c1nccnc1C(N)=O. The quantitative estimate of drug-likeness (QED) is 0.797. The lowest BCUT2D eigenvalue weighted by Crippen LogP contribution is -2.19. The van der Waals surface area contributed by atoms with Crippen molar-refractivity contribution in [3.8, 4) is 0 Å². The molecule has 2 rings (SSSR count). The lowest BCUT2D eigenvalue weighted by Gasteiger charge is -2.12. The van der Waals surface area contributed by atoms with Crippen molar-refractivity contribution >= 4 is 5.91 Å².